The Kier molecular flexibility index (Phi) is 7.63. The normalized spacial score (nSPS) is 12.8. The first-order valence-electron chi connectivity index (χ1n) is 6.88. The van der Waals surface area contributed by atoms with Crippen molar-refractivity contribution in [1.29, 1.82) is 0 Å². The molecular formula is C13H25N3O. The molecule has 1 aromatic heterocycles. The van der Waals surface area contributed by atoms with E-state index in [4.69, 9.17) is 0 Å². The molecule has 0 amide bonds. The molecule has 0 aliphatic carbocycles. The van der Waals surface area contributed by atoms with Crippen molar-refractivity contribution in [2.24, 2.45) is 0 Å². The van der Waals surface area contributed by atoms with E-state index in [1.54, 1.807) is 6.20 Å². The molecule has 0 aliphatic heterocycles. The number of aromatic amines is 1. The molecule has 4 heteroatoms. The molecule has 0 aromatic carbocycles. The van der Waals surface area contributed by atoms with Gasteiger partial charge in [-0.15, -0.1) is 0 Å². The second-order valence-corrected chi connectivity index (χ2v) is 4.67. The van der Waals surface area contributed by atoms with Crippen molar-refractivity contribution >= 4 is 0 Å². The number of aliphatic hydroxyl groups is 1. The lowest BCUT2D eigenvalue weighted by atomic mass is 10.0. The summed E-state index contributed by atoms with van der Waals surface area (Å²) in [6.07, 6.45) is 12.2. The summed E-state index contributed by atoms with van der Waals surface area (Å²) in [4.78, 5) is 0. The molecule has 0 spiro atoms. The number of aliphatic hydroxyl groups excluding tert-OH is 1. The lowest BCUT2D eigenvalue weighted by molar-refractivity contribution is 0.158. The molecule has 1 atom stereocenters. The molecule has 2 N–H and O–H groups in total. The number of hydrogen-bond acceptors (Lipinski definition) is 3. The molecule has 0 radical (unpaired) electrons. The number of unbranched alkanes of at least 4 members (excludes halogenated alkanes) is 7. The van der Waals surface area contributed by atoms with Gasteiger partial charge in [0.15, 0.2) is 0 Å². The molecule has 0 saturated heterocycles. The summed E-state index contributed by atoms with van der Waals surface area (Å²) < 4.78 is 0. The molecule has 4 nitrogen and oxygen atoms in total. The van der Waals surface area contributed by atoms with Gasteiger partial charge < -0.3 is 5.11 Å². The number of hydrogen-bond donors (Lipinski definition) is 2. The predicted octanol–water partition coefficient (Wildman–Crippen LogP) is 3.37. The highest BCUT2D eigenvalue weighted by atomic mass is 16.3. The third-order valence-corrected chi connectivity index (χ3v) is 3.11. The number of nitrogens with zero attached hydrogens (tertiary/aromatic N) is 2. The fraction of sp³-hybridized carbons (Fsp3) is 0.846. The highest BCUT2D eigenvalue weighted by molar-refractivity contribution is 4.95. The molecule has 17 heavy (non-hydrogen) atoms. The molecular weight excluding hydrogens is 214 g/mol. The third kappa shape index (κ3) is 6.41. The number of aromatic nitrogens is 3. The van der Waals surface area contributed by atoms with Crippen molar-refractivity contribution < 1.29 is 5.11 Å². The van der Waals surface area contributed by atoms with Gasteiger partial charge in [0.05, 0.1) is 12.3 Å². The van der Waals surface area contributed by atoms with Gasteiger partial charge in [-0.05, 0) is 6.42 Å². The van der Waals surface area contributed by atoms with Crippen molar-refractivity contribution in [2.45, 2.75) is 70.8 Å². The van der Waals surface area contributed by atoms with E-state index in [1.165, 1.54) is 44.9 Å². The van der Waals surface area contributed by atoms with E-state index in [-0.39, 0.29) is 0 Å². The van der Waals surface area contributed by atoms with Crippen LogP contribution in [0.4, 0.5) is 0 Å². The van der Waals surface area contributed by atoms with Gasteiger partial charge >= 0.3 is 0 Å². The smallest absolute Gasteiger partial charge is 0.111 e. The number of rotatable bonds is 10. The van der Waals surface area contributed by atoms with E-state index >= 15 is 0 Å². The van der Waals surface area contributed by atoms with Crippen LogP contribution in [0.3, 0.4) is 0 Å². The molecule has 1 heterocycles. The number of nitrogens with one attached hydrogen (secondary N) is 1. The molecule has 1 unspecified atom stereocenters. The van der Waals surface area contributed by atoms with Crippen molar-refractivity contribution in [3.8, 4) is 0 Å². The average Bonchev–Trinajstić information content (AvgIpc) is 2.86. The largest absolute Gasteiger partial charge is 0.387 e. The van der Waals surface area contributed by atoms with E-state index in [9.17, 15) is 5.11 Å². The van der Waals surface area contributed by atoms with Crippen LogP contribution in [0.1, 0.15) is 76.5 Å². The van der Waals surface area contributed by atoms with E-state index in [1.807, 2.05) is 0 Å². The Morgan fingerprint density at radius 2 is 1.76 bits per heavy atom. The van der Waals surface area contributed by atoms with E-state index in [0.717, 1.165) is 12.8 Å². The molecule has 1 aromatic rings. The molecule has 0 saturated carbocycles. The number of H-pyrrole nitrogens is 1. The van der Waals surface area contributed by atoms with Crippen LogP contribution in [0.2, 0.25) is 0 Å². The van der Waals surface area contributed by atoms with Gasteiger partial charge in [0.1, 0.15) is 5.69 Å². The quantitative estimate of drug-likeness (QED) is 0.615. The second kappa shape index (κ2) is 9.16. The Hall–Kier alpha value is -0.900. The molecule has 1 rings (SSSR count). The van der Waals surface area contributed by atoms with Gasteiger partial charge in [-0.3, -0.25) is 0 Å². The van der Waals surface area contributed by atoms with Crippen molar-refractivity contribution in [3.05, 3.63) is 11.9 Å². The minimum absolute atomic E-state index is 0.450. The Morgan fingerprint density at radius 3 is 2.35 bits per heavy atom. The van der Waals surface area contributed by atoms with Crippen molar-refractivity contribution in [2.75, 3.05) is 0 Å². The van der Waals surface area contributed by atoms with E-state index in [2.05, 4.69) is 22.3 Å². The predicted molar refractivity (Wildman–Crippen MR) is 68.6 cm³/mol. The highest BCUT2D eigenvalue weighted by Crippen LogP contribution is 2.17. The van der Waals surface area contributed by atoms with Crippen LogP contribution in [0.5, 0.6) is 0 Å². The maximum absolute atomic E-state index is 9.76. The second-order valence-electron chi connectivity index (χ2n) is 4.67. The topological polar surface area (TPSA) is 61.8 Å². The first-order valence-corrected chi connectivity index (χ1v) is 6.88. The van der Waals surface area contributed by atoms with Gasteiger partial charge in [-0.2, -0.15) is 15.4 Å². The average molecular weight is 239 g/mol. The minimum Gasteiger partial charge on any atom is -0.387 e. The van der Waals surface area contributed by atoms with Gasteiger partial charge in [-0.1, -0.05) is 58.3 Å². The Bertz CT molecular complexity index is 262. The van der Waals surface area contributed by atoms with Crippen molar-refractivity contribution in [1.82, 2.24) is 15.4 Å². The standard InChI is InChI=1S/C13H25N3O/c1-2-3-4-5-6-7-8-9-10-13(17)12-11-14-16-15-12/h11,13,17H,2-10H2,1H3,(H,14,15,16). The van der Waals surface area contributed by atoms with E-state index < -0.39 is 6.10 Å². The Labute approximate surface area is 104 Å². The van der Waals surface area contributed by atoms with Crippen LogP contribution in [-0.2, 0) is 0 Å². The lowest BCUT2D eigenvalue weighted by Crippen LogP contribution is -1.97. The fourth-order valence-electron chi connectivity index (χ4n) is 1.99. The summed E-state index contributed by atoms with van der Waals surface area (Å²) in [7, 11) is 0. The maximum Gasteiger partial charge on any atom is 0.111 e. The molecule has 0 bridgehead atoms. The summed E-state index contributed by atoms with van der Waals surface area (Å²) in [6.45, 7) is 2.24. The monoisotopic (exact) mass is 239 g/mol. The maximum atomic E-state index is 9.76. The van der Waals surface area contributed by atoms with Crippen LogP contribution < -0.4 is 0 Å². The summed E-state index contributed by atoms with van der Waals surface area (Å²) in [5, 5.41) is 19.9. The van der Waals surface area contributed by atoms with Crippen LogP contribution in [-0.4, -0.2) is 20.5 Å². The summed E-state index contributed by atoms with van der Waals surface area (Å²) >= 11 is 0. The zero-order valence-corrected chi connectivity index (χ0v) is 10.9. The van der Waals surface area contributed by atoms with E-state index in [0.29, 0.717) is 5.69 Å². The minimum atomic E-state index is -0.450. The van der Waals surface area contributed by atoms with Gasteiger partial charge in [0.25, 0.3) is 0 Å². The first kappa shape index (κ1) is 14.2. The van der Waals surface area contributed by atoms with Crippen LogP contribution in [0.15, 0.2) is 6.20 Å². The summed E-state index contributed by atoms with van der Waals surface area (Å²) in [5.41, 5.74) is 0.660. The SMILES string of the molecule is CCCCCCCCCCC(O)c1cn[nH]n1. The fourth-order valence-corrected chi connectivity index (χ4v) is 1.99. The van der Waals surface area contributed by atoms with Crippen molar-refractivity contribution in [3.63, 3.8) is 0 Å². The zero-order valence-electron chi connectivity index (χ0n) is 10.9. The van der Waals surface area contributed by atoms with Crippen LogP contribution in [0, 0.1) is 0 Å². The van der Waals surface area contributed by atoms with Gasteiger partial charge in [-0.25, -0.2) is 0 Å². The molecule has 98 valence electrons. The zero-order chi connectivity index (χ0) is 12.3. The van der Waals surface area contributed by atoms with Crippen LogP contribution >= 0.6 is 0 Å². The van der Waals surface area contributed by atoms with Gasteiger partial charge in [0, 0.05) is 0 Å². The molecule has 0 fully saturated rings. The Balaban J connectivity index is 1.90. The lowest BCUT2D eigenvalue weighted by Gasteiger charge is -2.06. The summed E-state index contributed by atoms with van der Waals surface area (Å²) in [6, 6.07) is 0. The first-order chi connectivity index (χ1) is 8.34. The molecule has 0 aliphatic rings. The Morgan fingerprint density at radius 1 is 1.12 bits per heavy atom. The third-order valence-electron chi connectivity index (χ3n) is 3.11. The highest BCUT2D eigenvalue weighted by Gasteiger charge is 2.09. The van der Waals surface area contributed by atoms with Gasteiger partial charge in [0.2, 0.25) is 0 Å². The van der Waals surface area contributed by atoms with Crippen LogP contribution in [0.25, 0.3) is 0 Å². The summed E-state index contributed by atoms with van der Waals surface area (Å²) in [5.74, 6) is 0.